The molecule has 21 heavy (non-hydrogen) atoms. The number of rotatable bonds is 9. The van der Waals surface area contributed by atoms with Crippen LogP contribution in [0.1, 0.15) is 32.0 Å². The van der Waals surface area contributed by atoms with Crippen LogP contribution in [-0.2, 0) is 17.7 Å². The quantitative estimate of drug-likeness (QED) is 0.493. The fourth-order valence-corrected chi connectivity index (χ4v) is 2.74. The number of para-hydroxylation sites is 1. The van der Waals surface area contributed by atoms with Crippen LogP contribution in [0.3, 0.4) is 0 Å². The summed E-state index contributed by atoms with van der Waals surface area (Å²) in [6, 6.07) is 5.90. The lowest BCUT2D eigenvalue weighted by Crippen LogP contribution is -2.07. The van der Waals surface area contributed by atoms with Crippen LogP contribution in [-0.4, -0.2) is 28.6 Å². The number of unbranched alkanes of at least 4 members (excludes halogenated alkanes) is 1. The van der Waals surface area contributed by atoms with Crippen LogP contribution >= 0.6 is 23.2 Å². The molecule has 0 atom stereocenters. The summed E-state index contributed by atoms with van der Waals surface area (Å²) in [7, 11) is 0. The van der Waals surface area contributed by atoms with Crippen molar-refractivity contribution in [3.63, 3.8) is 0 Å². The Morgan fingerprint density at radius 2 is 2.05 bits per heavy atom. The Morgan fingerprint density at radius 3 is 2.81 bits per heavy atom. The second kappa shape index (κ2) is 8.62. The van der Waals surface area contributed by atoms with Crippen molar-refractivity contribution in [2.45, 2.75) is 39.2 Å². The normalized spacial score (nSPS) is 11.4. The van der Waals surface area contributed by atoms with E-state index in [-0.39, 0.29) is 0 Å². The molecule has 1 aromatic carbocycles. The molecule has 0 aliphatic rings. The van der Waals surface area contributed by atoms with Crippen LogP contribution in [0.15, 0.2) is 18.2 Å². The minimum absolute atomic E-state index is 0.563. The fourth-order valence-electron chi connectivity index (χ4n) is 2.36. The van der Waals surface area contributed by atoms with E-state index in [1.807, 2.05) is 12.1 Å². The van der Waals surface area contributed by atoms with Crippen LogP contribution in [0.5, 0.6) is 0 Å². The van der Waals surface area contributed by atoms with E-state index >= 15 is 0 Å². The molecule has 0 radical (unpaired) electrons. The summed E-state index contributed by atoms with van der Waals surface area (Å²) in [4.78, 5) is 4.64. The van der Waals surface area contributed by atoms with E-state index < -0.39 is 0 Å². The van der Waals surface area contributed by atoms with Crippen LogP contribution in [0.4, 0.5) is 0 Å². The molecule has 1 heterocycles. The molecular formula is C16H22Cl2N2O. The Balaban J connectivity index is 2.06. The Hall–Kier alpha value is -0.770. The van der Waals surface area contributed by atoms with E-state index in [1.54, 1.807) is 0 Å². The van der Waals surface area contributed by atoms with Gasteiger partial charge in [0.25, 0.3) is 0 Å². The van der Waals surface area contributed by atoms with E-state index in [0.717, 1.165) is 55.9 Å². The molecule has 0 aliphatic heterocycles. The Morgan fingerprint density at radius 1 is 1.24 bits per heavy atom. The van der Waals surface area contributed by atoms with Crippen molar-refractivity contribution in [2.75, 3.05) is 19.1 Å². The molecule has 0 N–H and O–H groups in total. The van der Waals surface area contributed by atoms with Gasteiger partial charge in [0, 0.05) is 32.1 Å². The third-order valence-corrected chi connectivity index (χ3v) is 3.93. The molecule has 0 aliphatic carbocycles. The molecule has 0 saturated carbocycles. The SMILES string of the molecule is CCCCOCCCn1c(CCCl)nc2c(Cl)cccc21. The number of halogens is 2. The minimum Gasteiger partial charge on any atom is -0.381 e. The predicted octanol–water partition coefficient (Wildman–Crippen LogP) is 4.68. The third-order valence-electron chi connectivity index (χ3n) is 3.44. The topological polar surface area (TPSA) is 27.1 Å². The van der Waals surface area contributed by atoms with Gasteiger partial charge in [0.05, 0.1) is 10.5 Å². The van der Waals surface area contributed by atoms with E-state index in [4.69, 9.17) is 27.9 Å². The zero-order valence-electron chi connectivity index (χ0n) is 12.4. The lowest BCUT2D eigenvalue weighted by Gasteiger charge is -2.09. The predicted molar refractivity (Wildman–Crippen MR) is 89.5 cm³/mol. The highest BCUT2D eigenvalue weighted by atomic mass is 35.5. The van der Waals surface area contributed by atoms with Gasteiger partial charge in [-0.2, -0.15) is 0 Å². The van der Waals surface area contributed by atoms with Crippen LogP contribution in [0.25, 0.3) is 11.0 Å². The van der Waals surface area contributed by atoms with Gasteiger partial charge in [-0.05, 0) is 25.0 Å². The summed E-state index contributed by atoms with van der Waals surface area (Å²) in [6.07, 6.45) is 4.02. The Kier molecular flexibility index (Phi) is 6.81. The molecule has 0 fully saturated rings. The molecule has 2 aromatic rings. The molecule has 1 aromatic heterocycles. The average molecular weight is 329 g/mol. The Bertz CT molecular complexity index is 569. The van der Waals surface area contributed by atoms with E-state index in [1.165, 1.54) is 6.42 Å². The first-order valence-corrected chi connectivity index (χ1v) is 8.46. The van der Waals surface area contributed by atoms with E-state index in [9.17, 15) is 0 Å². The van der Waals surface area contributed by atoms with Gasteiger partial charge < -0.3 is 9.30 Å². The molecule has 2 rings (SSSR count). The van der Waals surface area contributed by atoms with Crippen molar-refractivity contribution in [3.05, 3.63) is 29.0 Å². The fraction of sp³-hybridized carbons (Fsp3) is 0.562. The summed E-state index contributed by atoms with van der Waals surface area (Å²) in [5.74, 6) is 1.56. The van der Waals surface area contributed by atoms with E-state index in [0.29, 0.717) is 10.9 Å². The van der Waals surface area contributed by atoms with Crippen LogP contribution in [0.2, 0.25) is 5.02 Å². The summed E-state index contributed by atoms with van der Waals surface area (Å²) in [5.41, 5.74) is 1.95. The smallest absolute Gasteiger partial charge is 0.111 e. The maximum absolute atomic E-state index is 6.23. The molecule has 3 nitrogen and oxygen atoms in total. The summed E-state index contributed by atoms with van der Waals surface area (Å²) in [5, 5.41) is 0.696. The lowest BCUT2D eigenvalue weighted by molar-refractivity contribution is 0.126. The number of aryl methyl sites for hydroxylation is 2. The second-order valence-electron chi connectivity index (χ2n) is 5.05. The molecule has 0 spiro atoms. The van der Waals surface area contributed by atoms with Gasteiger partial charge in [0.15, 0.2) is 0 Å². The van der Waals surface area contributed by atoms with Crippen LogP contribution in [0, 0.1) is 0 Å². The number of nitrogens with zero attached hydrogens (tertiary/aromatic N) is 2. The van der Waals surface area contributed by atoms with Crippen molar-refractivity contribution in [1.82, 2.24) is 9.55 Å². The van der Waals surface area contributed by atoms with Crippen molar-refractivity contribution in [3.8, 4) is 0 Å². The highest BCUT2D eigenvalue weighted by Gasteiger charge is 2.12. The largest absolute Gasteiger partial charge is 0.381 e. The molecule has 116 valence electrons. The van der Waals surface area contributed by atoms with Gasteiger partial charge >= 0.3 is 0 Å². The number of imidazole rings is 1. The van der Waals surface area contributed by atoms with E-state index in [2.05, 4.69) is 22.5 Å². The number of alkyl halides is 1. The molecule has 0 saturated heterocycles. The van der Waals surface area contributed by atoms with Crippen molar-refractivity contribution in [1.29, 1.82) is 0 Å². The number of benzene rings is 1. The average Bonchev–Trinajstić information content (AvgIpc) is 2.83. The van der Waals surface area contributed by atoms with Gasteiger partial charge in [0.2, 0.25) is 0 Å². The monoisotopic (exact) mass is 328 g/mol. The minimum atomic E-state index is 0.563. The molecule has 0 unspecified atom stereocenters. The third kappa shape index (κ3) is 4.35. The van der Waals surface area contributed by atoms with Gasteiger partial charge in [-0.1, -0.05) is 31.0 Å². The molecule has 0 amide bonds. The van der Waals surface area contributed by atoms with Crippen molar-refractivity contribution >= 4 is 34.2 Å². The zero-order chi connectivity index (χ0) is 15.1. The maximum atomic E-state index is 6.23. The van der Waals surface area contributed by atoms with Crippen LogP contribution < -0.4 is 0 Å². The molecule has 5 heteroatoms. The first kappa shape index (κ1) is 16.6. The number of ether oxygens (including phenoxy) is 1. The number of fused-ring (bicyclic) bond motifs is 1. The summed E-state index contributed by atoms with van der Waals surface area (Å²) >= 11 is 12.1. The van der Waals surface area contributed by atoms with Gasteiger partial charge in [0.1, 0.15) is 11.3 Å². The highest BCUT2D eigenvalue weighted by Crippen LogP contribution is 2.24. The number of aromatic nitrogens is 2. The highest BCUT2D eigenvalue weighted by molar-refractivity contribution is 6.34. The van der Waals surface area contributed by atoms with Crippen molar-refractivity contribution < 1.29 is 4.74 Å². The second-order valence-corrected chi connectivity index (χ2v) is 5.83. The zero-order valence-corrected chi connectivity index (χ0v) is 14.0. The van der Waals surface area contributed by atoms with Crippen molar-refractivity contribution in [2.24, 2.45) is 0 Å². The molecular weight excluding hydrogens is 307 g/mol. The maximum Gasteiger partial charge on any atom is 0.111 e. The first-order valence-electron chi connectivity index (χ1n) is 7.55. The standard InChI is InChI=1S/C16H22Cl2N2O/c1-2-3-11-21-12-5-10-20-14-7-4-6-13(18)16(14)19-15(20)8-9-17/h4,6-7H,2-3,5,8-12H2,1H3. The first-order chi connectivity index (χ1) is 10.3. The Labute approximate surface area is 136 Å². The van der Waals surface area contributed by atoms with Gasteiger partial charge in [-0.15, -0.1) is 11.6 Å². The lowest BCUT2D eigenvalue weighted by atomic mass is 10.3. The van der Waals surface area contributed by atoms with Gasteiger partial charge in [-0.3, -0.25) is 0 Å². The van der Waals surface area contributed by atoms with Gasteiger partial charge in [-0.25, -0.2) is 4.98 Å². The molecule has 0 bridgehead atoms. The summed E-state index contributed by atoms with van der Waals surface area (Å²) < 4.78 is 7.84. The number of hydrogen-bond acceptors (Lipinski definition) is 2. The number of hydrogen-bond donors (Lipinski definition) is 0. The summed E-state index contributed by atoms with van der Waals surface area (Å²) in [6.45, 7) is 4.68.